The van der Waals surface area contributed by atoms with Crippen molar-refractivity contribution >= 4 is 22.8 Å². The van der Waals surface area contributed by atoms with E-state index < -0.39 is 0 Å². The van der Waals surface area contributed by atoms with Crippen LogP contribution in [0.25, 0.3) is 11.0 Å². The van der Waals surface area contributed by atoms with E-state index >= 15 is 0 Å². The normalized spacial score (nSPS) is 12.9. The molecule has 0 aliphatic heterocycles. The van der Waals surface area contributed by atoms with E-state index in [0.29, 0.717) is 24.1 Å². The first-order valence-corrected chi connectivity index (χ1v) is 7.88. The maximum Gasteiger partial charge on any atom is 0.275 e. The SMILES string of the molecule is CCCSCC(O)CNCc1c[nH]c2c(=O)[nH]cnc12. The summed E-state index contributed by atoms with van der Waals surface area (Å²) in [5.74, 6) is 1.82. The number of H-pyrrole nitrogens is 2. The van der Waals surface area contributed by atoms with E-state index in [-0.39, 0.29) is 11.7 Å². The quantitative estimate of drug-likeness (QED) is 0.542. The molecule has 2 rings (SSSR count). The van der Waals surface area contributed by atoms with E-state index in [4.69, 9.17) is 0 Å². The topological polar surface area (TPSA) is 93.8 Å². The predicted octanol–water partition coefficient (Wildman–Crippen LogP) is 0.845. The summed E-state index contributed by atoms with van der Waals surface area (Å²) in [6.45, 7) is 3.24. The zero-order valence-corrected chi connectivity index (χ0v) is 12.3. The fraction of sp³-hybridized carbons (Fsp3) is 0.538. The van der Waals surface area contributed by atoms with Crippen LogP contribution in [-0.4, -0.2) is 44.2 Å². The lowest BCUT2D eigenvalue weighted by molar-refractivity contribution is 0.195. The number of hydrogen-bond acceptors (Lipinski definition) is 5. The van der Waals surface area contributed by atoms with Crippen LogP contribution in [0.5, 0.6) is 0 Å². The van der Waals surface area contributed by atoms with Crippen molar-refractivity contribution in [3.8, 4) is 0 Å². The molecule has 0 fully saturated rings. The van der Waals surface area contributed by atoms with Crippen LogP contribution in [0.15, 0.2) is 17.3 Å². The minimum Gasteiger partial charge on any atom is -0.391 e. The van der Waals surface area contributed by atoms with Crippen LogP contribution in [-0.2, 0) is 6.54 Å². The van der Waals surface area contributed by atoms with Crippen LogP contribution in [0.1, 0.15) is 18.9 Å². The first kappa shape index (κ1) is 15.1. The van der Waals surface area contributed by atoms with Crippen LogP contribution < -0.4 is 10.9 Å². The second kappa shape index (κ2) is 7.47. The van der Waals surface area contributed by atoms with Gasteiger partial charge in [-0.1, -0.05) is 6.92 Å². The smallest absolute Gasteiger partial charge is 0.275 e. The maximum absolute atomic E-state index is 11.5. The first-order chi connectivity index (χ1) is 9.72. The van der Waals surface area contributed by atoms with Gasteiger partial charge in [-0.05, 0) is 12.2 Å². The highest BCUT2D eigenvalue weighted by molar-refractivity contribution is 7.99. The summed E-state index contributed by atoms with van der Waals surface area (Å²) in [6, 6.07) is 0. The number of aliphatic hydroxyl groups excluding tert-OH is 1. The number of hydrogen-bond donors (Lipinski definition) is 4. The van der Waals surface area contributed by atoms with Crippen molar-refractivity contribution in [1.29, 1.82) is 0 Å². The van der Waals surface area contributed by atoms with Crippen LogP contribution in [0.4, 0.5) is 0 Å². The van der Waals surface area contributed by atoms with E-state index in [1.165, 1.54) is 6.33 Å². The summed E-state index contributed by atoms with van der Waals surface area (Å²) in [6.07, 6.45) is 3.95. The van der Waals surface area contributed by atoms with Crippen molar-refractivity contribution in [1.82, 2.24) is 20.3 Å². The lowest BCUT2D eigenvalue weighted by Crippen LogP contribution is -2.28. The van der Waals surface area contributed by atoms with Crippen molar-refractivity contribution in [2.75, 3.05) is 18.1 Å². The van der Waals surface area contributed by atoms with Gasteiger partial charge in [-0.25, -0.2) is 4.98 Å². The number of nitrogens with zero attached hydrogens (tertiary/aromatic N) is 1. The summed E-state index contributed by atoms with van der Waals surface area (Å²) in [7, 11) is 0. The Morgan fingerprint density at radius 2 is 2.35 bits per heavy atom. The monoisotopic (exact) mass is 296 g/mol. The third-order valence-electron chi connectivity index (χ3n) is 2.90. The van der Waals surface area contributed by atoms with Crippen LogP contribution in [0, 0.1) is 0 Å². The Morgan fingerprint density at radius 1 is 1.50 bits per heavy atom. The molecule has 0 radical (unpaired) electrons. The minimum atomic E-state index is -0.354. The van der Waals surface area contributed by atoms with Gasteiger partial charge in [-0.3, -0.25) is 4.79 Å². The van der Waals surface area contributed by atoms with Gasteiger partial charge in [0.25, 0.3) is 5.56 Å². The number of fused-ring (bicyclic) bond motifs is 1. The van der Waals surface area contributed by atoms with Gasteiger partial charge < -0.3 is 20.4 Å². The molecule has 0 spiro atoms. The van der Waals surface area contributed by atoms with Gasteiger partial charge in [0.15, 0.2) is 0 Å². The molecule has 1 atom stereocenters. The molecule has 0 saturated heterocycles. The molecule has 1 unspecified atom stereocenters. The summed E-state index contributed by atoms with van der Waals surface area (Å²) in [5.41, 5.74) is 1.93. The van der Waals surface area contributed by atoms with E-state index in [0.717, 1.165) is 23.5 Å². The van der Waals surface area contributed by atoms with Gasteiger partial charge >= 0.3 is 0 Å². The Kier molecular flexibility index (Phi) is 5.63. The second-order valence-corrected chi connectivity index (χ2v) is 5.78. The molecule has 110 valence electrons. The van der Waals surface area contributed by atoms with E-state index in [1.54, 1.807) is 18.0 Å². The van der Waals surface area contributed by atoms with Crippen LogP contribution in [0.2, 0.25) is 0 Å². The fourth-order valence-corrected chi connectivity index (χ4v) is 2.78. The Bertz CT molecular complexity index is 595. The zero-order chi connectivity index (χ0) is 14.4. The molecular weight excluding hydrogens is 276 g/mol. The van der Waals surface area contributed by atoms with Crippen LogP contribution >= 0.6 is 11.8 Å². The molecular formula is C13H20N4O2S. The Hall–Kier alpha value is -1.31. The number of thioether (sulfide) groups is 1. The van der Waals surface area contributed by atoms with Gasteiger partial charge in [0, 0.05) is 30.6 Å². The van der Waals surface area contributed by atoms with Gasteiger partial charge in [-0.15, -0.1) is 0 Å². The molecule has 2 aromatic heterocycles. The third kappa shape index (κ3) is 3.84. The molecule has 6 nitrogen and oxygen atoms in total. The third-order valence-corrected chi connectivity index (χ3v) is 4.22. The molecule has 7 heteroatoms. The molecule has 0 bridgehead atoms. The van der Waals surface area contributed by atoms with Gasteiger partial charge in [0.2, 0.25) is 0 Å². The van der Waals surface area contributed by atoms with Crippen molar-refractivity contribution < 1.29 is 5.11 Å². The van der Waals surface area contributed by atoms with Gasteiger partial charge in [0.05, 0.1) is 17.9 Å². The Morgan fingerprint density at radius 3 is 3.15 bits per heavy atom. The molecule has 2 heterocycles. The molecule has 0 aromatic carbocycles. The average Bonchev–Trinajstić information content (AvgIpc) is 2.84. The van der Waals surface area contributed by atoms with Crippen LogP contribution in [0.3, 0.4) is 0 Å². The van der Waals surface area contributed by atoms with Crippen molar-refractivity contribution in [2.45, 2.75) is 26.0 Å². The molecule has 0 amide bonds. The molecule has 0 aliphatic rings. The van der Waals surface area contributed by atoms with E-state index in [2.05, 4.69) is 27.2 Å². The first-order valence-electron chi connectivity index (χ1n) is 6.72. The highest BCUT2D eigenvalue weighted by atomic mass is 32.2. The predicted molar refractivity (Wildman–Crippen MR) is 82.0 cm³/mol. The highest BCUT2D eigenvalue weighted by Gasteiger charge is 2.08. The average molecular weight is 296 g/mol. The summed E-state index contributed by atoms with van der Waals surface area (Å²) < 4.78 is 0. The Balaban J connectivity index is 1.84. The fourth-order valence-electron chi connectivity index (χ4n) is 1.94. The summed E-state index contributed by atoms with van der Waals surface area (Å²) in [4.78, 5) is 21.2. The largest absolute Gasteiger partial charge is 0.391 e. The molecule has 0 aliphatic carbocycles. The van der Waals surface area contributed by atoms with E-state index in [9.17, 15) is 9.90 Å². The number of aromatic nitrogens is 3. The number of aromatic amines is 2. The molecule has 0 saturated carbocycles. The highest BCUT2D eigenvalue weighted by Crippen LogP contribution is 2.11. The standard InChI is InChI=1S/C13H20N4O2S/c1-2-3-20-7-10(18)6-14-4-9-5-15-12-11(9)16-8-17-13(12)19/h5,8,10,14-15,18H,2-4,6-7H2,1H3,(H,16,17,19). The molecule has 20 heavy (non-hydrogen) atoms. The number of nitrogens with one attached hydrogen (secondary N) is 3. The van der Waals surface area contributed by atoms with Crippen molar-refractivity contribution in [3.05, 3.63) is 28.4 Å². The lowest BCUT2D eigenvalue weighted by atomic mass is 10.3. The zero-order valence-electron chi connectivity index (χ0n) is 11.5. The maximum atomic E-state index is 11.5. The number of aliphatic hydroxyl groups is 1. The Labute approximate surface area is 121 Å². The van der Waals surface area contributed by atoms with Gasteiger partial charge in [-0.2, -0.15) is 11.8 Å². The summed E-state index contributed by atoms with van der Waals surface area (Å²) >= 11 is 1.76. The number of rotatable bonds is 8. The van der Waals surface area contributed by atoms with Gasteiger partial charge in [0.1, 0.15) is 5.52 Å². The van der Waals surface area contributed by atoms with Crippen molar-refractivity contribution in [3.63, 3.8) is 0 Å². The van der Waals surface area contributed by atoms with E-state index in [1.807, 2.05) is 0 Å². The summed E-state index contributed by atoms with van der Waals surface area (Å²) in [5, 5.41) is 13.0. The molecule has 4 N–H and O–H groups in total. The minimum absolute atomic E-state index is 0.169. The lowest BCUT2D eigenvalue weighted by Gasteiger charge is -2.10. The second-order valence-electron chi connectivity index (χ2n) is 4.63. The molecule has 2 aromatic rings. The van der Waals surface area contributed by atoms with Crippen molar-refractivity contribution in [2.24, 2.45) is 0 Å².